The zero-order valence-corrected chi connectivity index (χ0v) is 20.4. The maximum absolute atomic E-state index is 14.3. The topological polar surface area (TPSA) is 36.4 Å². The predicted molar refractivity (Wildman–Crippen MR) is 135 cm³/mol. The molecule has 4 nitrogen and oxygen atoms in total. The van der Waals surface area contributed by atoms with Crippen molar-refractivity contribution in [2.75, 3.05) is 31.1 Å². The van der Waals surface area contributed by atoms with E-state index in [2.05, 4.69) is 9.88 Å². The summed E-state index contributed by atoms with van der Waals surface area (Å²) < 4.78 is 28.1. The molecule has 2 aliphatic rings. The lowest BCUT2D eigenvalue weighted by molar-refractivity contribution is 0.0977. The van der Waals surface area contributed by atoms with Crippen LogP contribution in [0.5, 0.6) is 0 Å². The van der Waals surface area contributed by atoms with Gasteiger partial charge < -0.3 is 4.90 Å². The molecule has 0 aliphatic carbocycles. The summed E-state index contributed by atoms with van der Waals surface area (Å²) in [7, 11) is 0. The molecule has 8 heteroatoms. The first kappa shape index (κ1) is 23.9. The zero-order valence-electron chi connectivity index (χ0n) is 18.9. The van der Waals surface area contributed by atoms with E-state index >= 15 is 0 Å². The number of pyridine rings is 1. The van der Waals surface area contributed by atoms with E-state index in [1.807, 2.05) is 12.1 Å². The number of carbonyl (C=O) groups excluding carboxylic acids is 1. The smallest absolute Gasteiger partial charge is 0.258 e. The van der Waals surface area contributed by atoms with Crippen LogP contribution >= 0.6 is 23.2 Å². The number of halogens is 4. The molecule has 0 unspecified atom stereocenters. The van der Waals surface area contributed by atoms with Crippen molar-refractivity contribution < 1.29 is 13.6 Å². The van der Waals surface area contributed by atoms with E-state index in [4.69, 9.17) is 23.2 Å². The minimum Gasteiger partial charge on any atom is -0.307 e. The highest BCUT2D eigenvalue weighted by molar-refractivity contribution is 6.33. The van der Waals surface area contributed by atoms with Gasteiger partial charge in [-0.1, -0.05) is 53.6 Å². The molecule has 3 heterocycles. The molecule has 1 aromatic heterocycles. The summed E-state index contributed by atoms with van der Waals surface area (Å²) in [5.41, 5.74) is 2.15. The van der Waals surface area contributed by atoms with Crippen LogP contribution < -0.4 is 4.90 Å². The summed E-state index contributed by atoms with van der Waals surface area (Å²) in [6.07, 6.45) is 5.31. The van der Waals surface area contributed by atoms with Gasteiger partial charge in [0.05, 0.1) is 0 Å². The molecule has 3 aromatic rings. The monoisotopic (exact) mass is 513 g/mol. The number of hydrogen-bond donors (Lipinski definition) is 0. The number of amides is 1. The number of anilines is 1. The Morgan fingerprint density at radius 3 is 2.46 bits per heavy atom. The fourth-order valence-electron chi connectivity index (χ4n) is 5.10. The molecule has 180 valence electrons. The van der Waals surface area contributed by atoms with Gasteiger partial charge in [-0.2, -0.15) is 0 Å². The van der Waals surface area contributed by atoms with Crippen molar-refractivity contribution in [3.05, 3.63) is 99.3 Å². The summed E-state index contributed by atoms with van der Waals surface area (Å²) in [5.74, 6) is -0.800. The van der Waals surface area contributed by atoms with Gasteiger partial charge in [0.25, 0.3) is 5.91 Å². The lowest BCUT2D eigenvalue weighted by atomic mass is 9.74. The number of fused-ring (bicyclic) bond motifs is 2. The number of aromatic nitrogens is 1. The Morgan fingerprint density at radius 1 is 1.03 bits per heavy atom. The molecule has 1 saturated heterocycles. The van der Waals surface area contributed by atoms with Gasteiger partial charge in [-0.05, 0) is 67.9 Å². The van der Waals surface area contributed by atoms with E-state index in [0.29, 0.717) is 29.9 Å². The third-order valence-electron chi connectivity index (χ3n) is 6.92. The Labute approximate surface area is 212 Å². The molecule has 1 spiro atoms. The van der Waals surface area contributed by atoms with Crippen molar-refractivity contribution in [2.45, 2.75) is 18.3 Å². The van der Waals surface area contributed by atoms with Crippen molar-refractivity contribution >= 4 is 40.9 Å². The second-order valence-electron chi connectivity index (χ2n) is 9.06. The average molecular weight is 514 g/mol. The highest BCUT2D eigenvalue weighted by Gasteiger charge is 2.46. The van der Waals surface area contributed by atoms with E-state index in [0.717, 1.165) is 31.5 Å². The number of piperidine rings is 1. The van der Waals surface area contributed by atoms with Crippen molar-refractivity contribution in [3.63, 3.8) is 0 Å². The molecule has 0 radical (unpaired) electrons. The highest BCUT2D eigenvalue weighted by Crippen LogP contribution is 2.47. The van der Waals surface area contributed by atoms with Gasteiger partial charge in [-0.3, -0.25) is 9.69 Å². The summed E-state index contributed by atoms with van der Waals surface area (Å²) >= 11 is 12.0. The van der Waals surface area contributed by atoms with Crippen LogP contribution in [0.3, 0.4) is 0 Å². The maximum atomic E-state index is 14.3. The van der Waals surface area contributed by atoms with E-state index in [-0.39, 0.29) is 33.3 Å². The Hall–Kier alpha value is -2.80. The lowest BCUT2D eigenvalue weighted by Gasteiger charge is -2.39. The van der Waals surface area contributed by atoms with Gasteiger partial charge in [-0.15, -0.1) is 0 Å². The van der Waals surface area contributed by atoms with Crippen LogP contribution in [0.4, 0.5) is 14.5 Å². The summed E-state index contributed by atoms with van der Waals surface area (Å²) in [5, 5.41) is 0.289. The highest BCUT2D eigenvalue weighted by atomic mass is 35.5. The Morgan fingerprint density at radius 2 is 1.74 bits per heavy atom. The van der Waals surface area contributed by atoms with Gasteiger partial charge in [0.2, 0.25) is 0 Å². The SMILES string of the molecule is O=C(c1cc(Cl)nc(Cl)c1)N1CC2(CCN(CC=Cc3ccccc3F)CC2)c2cc(F)ccc21. The molecular weight excluding hydrogens is 491 g/mol. The summed E-state index contributed by atoms with van der Waals surface area (Å²) in [4.78, 5) is 21.3. The van der Waals surface area contributed by atoms with Crippen LogP contribution in [-0.4, -0.2) is 42.0 Å². The third-order valence-corrected chi connectivity index (χ3v) is 7.30. The molecule has 1 amide bonds. The minimum absolute atomic E-state index is 0.144. The van der Waals surface area contributed by atoms with E-state index in [1.165, 1.54) is 24.3 Å². The third kappa shape index (κ3) is 4.83. The molecule has 0 atom stereocenters. The van der Waals surface area contributed by atoms with Crippen molar-refractivity contribution in [2.24, 2.45) is 0 Å². The molecule has 1 fully saturated rings. The number of nitrogens with zero attached hydrogens (tertiary/aromatic N) is 3. The molecule has 0 bridgehead atoms. The number of hydrogen-bond acceptors (Lipinski definition) is 3. The largest absolute Gasteiger partial charge is 0.307 e. The molecule has 0 N–H and O–H groups in total. The molecule has 2 aliphatic heterocycles. The fourth-order valence-corrected chi connectivity index (χ4v) is 5.56. The first-order chi connectivity index (χ1) is 16.8. The number of likely N-dealkylation sites (tertiary alicyclic amines) is 1. The lowest BCUT2D eigenvalue weighted by Crippen LogP contribution is -2.46. The number of benzene rings is 2. The first-order valence-corrected chi connectivity index (χ1v) is 12.2. The summed E-state index contributed by atoms with van der Waals surface area (Å²) in [6.45, 7) is 2.72. The van der Waals surface area contributed by atoms with Crippen LogP contribution in [0, 0.1) is 11.6 Å². The van der Waals surface area contributed by atoms with Gasteiger partial charge in [0, 0.05) is 35.3 Å². The molecule has 5 rings (SSSR count). The maximum Gasteiger partial charge on any atom is 0.258 e. The molecule has 35 heavy (non-hydrogen) atoms. The fraction of sp³-hybridized carbons (Fsp3) is 0.259. The van der Waals surface area contributed by atoms with E-state index in [9.17, 15) is 13.6 Å². The van der Waals surface area contributed by atoms with Gasteiger partial charge in [0.15, 0.2) is 0 Å². The average Bonchev–Trinajstić information content (AvgIpc) is 3.13. The van der Waals surface area contributed by atoms with Gasteiger partial charge >= 0.3 is 0 Å². The van der Waals surface area contributed by atoms with Gasteiger partial charge in [-0.25, -0.2) is 13.8 Å². The molecule has 0 saturated carbocycles. The van der Waals surface area contributed by atoms with Crippen LogP contribution in [0.15, 0.2) is 60.7 Å². The van der Waals surface area contributed by atoms with Crippen LogP contribution in [-0.2, 0) is 5.41 Å². The van der Waals surface area contributed by atoms with Crippen LogP contribution in [0.1, 0.15) is 34.3 Å². The first-order valence-electron chi connectivity index (χ1n) is 11.4. The second-order valence-corrected chi connectivity index (χ2v) is 9.83. The molecule has 2 aromatic carbocycles. The van der Waals surface area contributed by atoms with Crippen molar-refractivity contribution in [1.82, 2.24) is 9.88 Å². The normalized spacial score (nSPS) is 17.3. The van der Waals surface area contributed by atoms with Gasteiger partial charge in [0.1, 0.15) is 21.9 Å². The Kier molecular flexibility index (Phi) is 6.62. The van der Waals surface area contributed by atoms with Crippen molar-refractivity contribution in [1.29, 1.82) is 0 Å². The van der Waals surface area contributed by atoms with E-state index in [1.54, 1.807) is 35.2 Å². The number of rotatable bonds is 4. The predicted octanol–water partition coefficient (Wildman–Crippen LogP) is 6.37. The second kappa shape index (κ2) is 9.69. The van der Waals surface area contributed by atoms with Crippen molar-refractivity contribution in [3.8, 4) is 0 Å². The molecular formula is C27H23Cl2F2N3O. The Bertz CT molecular complexity index is 1290. The number of carbonyl (C=O) groups is 1. The van der Waals surface area contributed by atoms with Crippen LogP contribution in [0.2, 0.25) is 10.3 Å². The van der Waals surface area contributed by atoms with E-state index < -0.39 is 0 Å². The Balaban J connectivity index is 1.34. The standard InChI is InChI=1S/C27H23Cl2F2N3O/c28-24-14-19(15-25(29)32-24)26(35)34-17-27(21-16-20(30)7-8-23(21)34)9-12-33(13-10-27)11-3-5-18-4-1-2-6-22(18)31/h1-8,14-16H,9-13,17H2. The summed E-state index contributed by atoms with van der Waals surface area (Å²) in [6, 6.07) is 14.3. The van der Waals surface area contributed by atoms with Crippen LogP contribution in [0.25, 0.3) is 6.08 Å². The zero-order chi connectivity index (χ0) is 24.6. The minimum atomic E-state index is -0.334. The quantitative estimate of drug-likeness (QED) is 0.380.